The maximum atomic E-state index is 11.2. The number of aromatic carboxylic acids is 1. The summed E-state index contributed by atoms with van der Waals surface area (Å²) < 4.78 is 22.3. The largest absolute Gasteiger partial charge is 0.478 e. The summed E-state index contributed by atoms with van der Waals surface area (Å²) in [7, 11) is -3.48. The van der Waals surface area contributed by atoms with Crippen molar-refractivity contribution in [1.82, 2.24) is 0 Å². The van der Waals surface area contributed by atoms with Gasteiger partial charge in [-0.05, 0) is 18.2 Å². The molecule has 0 aromatic heterocycles. The SMILES string of the molecule is CS(=O)(=O)c1cc(C(=O)O)ccc1Cl. The van der Waals surface area contributed by atoms with Crippen molar-refractivity contribution in [2.24, 2.45) is 0 Å². The van der Waals surface area contributed by atoms with Crippen LogP contribution >= 0.6 is 11.6 Å². The quantitative estimate of drug-likeness (QED) is 0.841. The molecule has 0 saturated heterocycles. The third-order valence-electron chi connectivity index (χ3n) is 1.58. The molecule has 0 heterocycles. The lowest BCUT2D eigenvalue weighted by Crippen LogP contribution is -2.02. The molecule has 0 aliphatic rings. The van der Waals surface area contributed by atoms with Gasteiger partial charge in [-0.1, -0.05) is 11.6 Å². The molecule has 0 atom stereocenters. The summed E-state index contributed by atoms with van der Waals surface area (Å²) >= 11 is 5.61. The van der Waals surface area contributed by atoms with Crippen LogP contribution in [0.4, 0.5) is 0 Å². The second-order valence-electron chi connectivity index (χ2n) is 2.72. The first-order valence-corrected chi connectivity index (χ1v) is 5.82. The van der Waals surface area contributed by atoms with Crippen LogP contribution in [-0.4, -0.2) is 25.7 Å². The van der Waals surface area contributed by atoms with E-state index in [4.69, 9.17) is 16.7 Å². The lowest BCUT2D eigenvalue weighted by Gasteiger charge is -2.02. The highest BCUT2D eigenvalue weighted by atomic mass is 35.5. The van der Waals surface area contributed by atoms with Gasteiger partial charge in [0, 0.05) is 6.26 Å². The van der Waals surface area contributed by atoms with E-state index in [9.17, 15) is 13.2 Å². The molecule has 1 aromatic rings. The van der Waals surface area contributed by atoms with Gasteiger partial charge in [0.15, 0.2) is 9.84 Å². The van der Waals surface area contributed by atoms with Crippen molar-refractivity contribution < 1.29 is 18.3 Å². The molecule has 76 valence electrons. The first-order valence-electron chi connectivity index (χ1n) is 3.55. The van der Waals surface area contributed by atoms with Crippen LogP contribution < -0.4 is 0 Å². The van der Waals surface area contributed by atoms with Gasteiger partial charge >= 0.3 is 5.97 Å². The molecule has 0 aliphatic heterocycles. The van der Waals surface area contributed by atoms with Gasteiger partial charge in [0.25, 0.3) is 0 Å². The van der Waals surface area contributed by atoms with Gasteiger partial charge < -0.3 is 5.11 Å². The van der Waals surface area contributed by atoms with E-state index in [1.165, 1.54) is 12.1 Å². The van der Waals surface area contributed by atoms with Crippen LogP contribution in [0.5, 0.6) is 0 Å². The predicted octanol–water partition coefficient (Wildman–Crippen LogP) is 1.44. The number of hydrogen-bond acceptors (Lipinski definition) is 3. The molecular formula is C8H7ClO4S. The Morgan fingerprint density at radius 1 is 1.43 bits per heavy atom. The monoisotopic (exact) mass is 234 g/mol. The Balaban J connectivity index is 3.44. The van der Waals surface area contributed by atoms with E-state index in [1.54, 1.807) is 0 Å². The lowest BCUT2D eigenvalue weighted by atomic mass is 10.2. The average Bonchev–Trinajstić information content (AvgIpc) is 2.02. The van der Waals surface area contributed by atoms with Crippen LogP contribution in [0.15, 0.2) is 23.1 Å². The predicted molar refractivity (Wildman–Crippen MR) is 51.5 cm³/mol. The van der Waals surface area contributed by atoms with Gasteiger partial charge in [0.05, 0.1) is 15.5 Å². The summed E-state index contributed by atoms with van der Waals surface area (Å²) in [6.07, 6.45) is 0.972. The summed E-state index contributed by atoms with van der Waals surface area (Å²) in [4.78, 5) is 10.4. The van der Waals surface area contributed by atoms with Crippen LogP contribution in [0, 0.1) is 0 Å². The van der Waals surface area contributed by atoms with Crippen molar-refractivity contribution >= 4 is 27.4 Å². The van der Waals surface area contributed by atoms with Gasteiger partial charge in [-0.25, -0.2) is 13.2 Å². The maximum absolute atomic E-state index is 11.2. The minimum Gasteiger partial charge on any atom is -0.478 e. The van der Waals surface area contributed by atoms with Crippen molar-refractivity contribution in [3.63, 3.8) is 0 Å². The molecule has 1 N–H and O–H groups in total. The zero-order valence-electron chi connectivity index (χ0n) is 7.19. The summed E-state index contributed by atoms with van der Waals surface area (Å²) in [5, 5.41) is 8.65. The molecule has 14 heavy (non-hydrogen) atoms. The van der Waals surface area contributed by atoms with Crippen LogP contribution in [0.25, 0.3) is 0 Å². The molecule has 6 heteroatoms. The fraction of sp³-hybridized carbons (Fsp3) is 0.125. The van der Waals surface area contributed by atoms with Gasteiger partial charge in [-0.3, -0.25) is 0 Å². The van der Waals surface area contributed by atoms with E-state index >= 15 is 0 Å². The number of carboxylic acids is 1. The molecule has 0 saturated carbocycles. The number of sulfone groups is 1. The van der Waals surface area contributed by atoms with E-state index < -0.39 is 15.8 Å². The minimum atomic E-state index is -3.48. The molecule has 0 unspecified atom stereocenters. The highest BCUT2D eigenvalue weighted by Gasteiger charge is 2.14. The van der Waals surface area contributed by atoms with Gasteiger partial charge in [0.1, 0.15) is 0 Å². The van der Waals surface area contributed by atoms with E-state index in [1.807, 2.05) is 0 Å². The van der Waals surface area contributed by atoms with Gasteiger partial charge in [-0.15, -0.1) is 0 Å². The van der Waals surface area contributed by atoms with Crippen molar-refractivity contribution in [2.45, 2.75) is 4.90 Å². The van der Waals surface area contributed by atoms with Crippen LogP contribution in [0.2, 0.25) is 5.02 Å². The molecule has 1 aromatic carbocycles. The normalized spacial score (nSPS) is 11.3. The summed E-state index contributed by atoms with van der Waals surface area (Å²) in [5.41, 5.74) is -0.102. The molecule has 0 bridgehead atoms. The standard InChI is InChI=1S/C8H7ClO4S/c1-14(12,13)7-4-5(8(10)11)2-3-6(7)9/h2-4H,1H3,(H,10,11). The lowest BCUT2D eigenvalue weighted by molar-refractivity contribution is 0.0696. The molecule has 1 rings (SSSR count). The molecule has 0 aliphatic carbocycles. The number of carboxylic acid groups (broad SMARTS) is 1. The molecule has 0 radical (unpaired) electrons. The topological polar surface area (TPSA) is 71.4 Å². The van der Waals surface area contributed by atoms with Crippen LogP contribution in [-0.2, 0) is 9.84 Å². The van der Waals surface area contributed by atoms with E-state index in [-0.39, 0.29) is 15.5 Å². The molecular weight excluding hydrogens is 228 g/mol. The average molecular weight is 235 g/mol. The third kappa shape index (κ3) is 2.24. The Bertz CT molecular complexity index is 478. The van der Waals surface area contributed by atoms with E-state index in [2.05, 4.69) is 0 Å². The maximum Gasteiger partial charge on any atom is 0.335 e. The molecule has 4 nitrogen and oxygen atoms in total. The Morgan fingerprint density at radius 2 is 2.00 bits per heavy atom. The number of halogens is 1. The highest BCUT2D eigenvalue weighted by Crippen LogP contribution is 2.22. The summed E-state index contributed by atoms with van der Waals surface area (Å²) in [6.45, 7) is 0. The van der Waals surface area contributed by atoms with E-state index in [0.29, 0.717) is 0 Å². The Kier molecular flexibility index (Phi) is 2.82. The zero-order valence-corrected chi connectivity index (χ0v) is 8.76. The smallest absolute Gasteiger partial charge is 0.335 e. The molecule has 0 amide bonds. The Labute approximate surface area is 86.0 Å². The van der Waals surface area contributed by atoms with Gasteiger partial charge in [0.2, 0.25) is 0 Å². The second kappa shape index (κ2) is 3.59. The summed E-state index contributed by atoms with van der Waals surface area (Å²) in [6, 6.07) is 3.54. The van der Waals surface area contributed by atoms with Crippen LogP contribution in [0.3, 0.4) is 0 Å². The van der Waals surface area contributed by atoms with Crippen molar-refractivity contribution in [3.05, 3.63) is 28.8 Å². The Morgan fingerprint density at radius 3 is 2.43 bits per heavy atom. The van der Waals surface area contributed by atoms with Crippen LogP contribution in [0.1, 0.15) is 10.4 Å². The fourth-order valence-electron chi connectivity index (χ4n) is 0.921. The number of benzene rings is 1. The third-order valence-corrected chi connectivity index (χ3v) is 3.16. The first-order chi connectivity index (χ1) is 6.32. The van der Waals surface area contributed by atoms with Crippen molar-refractivity contribution in [3.8, 4) is 0 Å². The molecule has 0 fully saturated rings. The van der Waals surface area contributed by atoms with Crippen molar-refractivity contribution in [2.75, 3.05) is 6.26 Å². The summed E-state index contributed by atoms with van der Waals surface area (Å²) in [5.74, 6) is -1.19. The first kappa shape index (κ1) is 11.0. The number of hydrogen-bond donors (Lipinski definition) is 1. The van der Waals surface area contributed by atoms with Gasteiger partial charge in [-0.2, -0.15) is 0 Å². The molecule has 0 spiro atoms. The number of rotatable bonds is 2. The van der Waals surface area contributed by atoms with E-state index in [0.717, 1.165) is 12.3 Å². The highest BCUT2D eigenvalue weighted by molar-refractivity contribution is 7.90. The second-order valence-corrected chi connectivity index (χ2v) is 5.11. The number of carbonyl (C=O) groups is 1. The van der Waals surface area contributed by atoms with Crippen molar-refractivity contribution in [1.29, 1.82) is 0 Å². The zero-order chi connectivity index (χ0) is 10.9. The Hall–Kier alpha value is -1.07. The fourth-order valence-corrected chi connectivity index (χ4v) is 2.22. The minimum absolute atomic E-state index is 0.0255.